The van der Waals surface area contributed by atoms with Crippen LogP contribution < -0.4 is 16.0 Å². The SMILES string of the molecule is CCNC(=NCC1CN2CCCC2CO1)NCCc1ccc(NC(=O)OC(C)(C)C)cc1. The molecule has 1 aromatic rings. The highest BCUT2D eigenvalue weighted by molar-refractivity contribution is 5.84. The summed E-state index contributed by atoms with van der Waals surface area (Å²) in [6.07, 6.45) is 3.13. The number of amides is 1. The lowest BCUT2D eigenvalue weighted by molar-refractivity contribution is -0.0432. The van der Waals surface area contributed by atoms with Gasteiger partial charge in [0.2, 0.25) is 0 Å². The van der Waals surface area contributed by atoms with E-state index >= 15 is 0 Å². The van der Waals surface area contributed by atoms with Crippen molar-refractivity contribution in [3.63, 3.8) is 0 Å². The predicted octanol–water partition coefficient (Wildman–Crippen LogP) is 2.99. The van der Waals surface area contributed by atoms with Crippen LogP contribution in [0, 0.1) is 0 Å². The number of morpholine rings is 1. The van der Waals surface area contributed by atoms with Gasteiger partial charge in [0.05, 0.1) is 19.3 Å². The Kier molecular flexibility index (Phi) is 8.75. The minimum atomic E-state index is -0.513. The fourth-order valence-corrected chi connectivity index (χ4v) is 4.03. The molecule has 0 radical (unpaired) electrons. The van der Waals surface area contributed by atoms with E-state index < -0.39 is 11.7 Å². The molecule has 0 aromatic heterocycles. The molecule has 178 valence electrons. The van der Waals surface area contributed by atoms with Crippen molar-refractivity contribution < 1.29 is 14.3 Å². The van der Waals surface area contributed by atoms with Gasteiger partial charge in [0.25, 0.3) is 0 Å². The van der Waals surface area contributed by atoms with Crippen molar-refractivity contribution in [1.82, 2.24) is 15.5 Å². The highest BCUT2D eigenvalue weighted by Gasteiger charge is 2.32. The first kappa shape index (κ1) is 24.3. The van der Waals surface area contributed by atoms with Gasteiger partial charge in [0.15, 0.2) is 5.96 Å². The standard InChI is InChI=1S/C24H39N5O3/c1-5-25-22(27-15-21-16-29-14-6-7-20(29)17-31-21)26-13-12-18-8-10-19(11-9-18)28-23(30)32-24(2,3)4/h8-11,20-21H,5-7,12-17H2,1-4H3,(H,28,30)(H2,25,26,27). The number of fused-ring (bicyclic) bond motifs is 1. The van der Waals surface area contributed by atoms with Gasteiger partial charge < -0.3 is 20.1 Å². The molecule has 1 amide bonds. The smallest absolute Gasteiger partial charge is 0.412 e. The first-order valence-electron chi connectivity index (χ1n) is 11.8. The Labute approximate surface area is 192 Å². The van der Waals surface area contributed by atoms with Crippen molar-refractivity contribution in [2.24, 2.45) is 4.99 Å². The van der Waals surface area contributed by atoms with Gasteiger partial charge in [-0.2, -0.15) is 0 Å². The second kappa shape index (κ2) is 11.5. The molecule has 32 heavy (non-hydrogen) atoms. The van der Waals surface area contributed by atoms with E-state index in [1.807, 2.05) is 45.0 Å². The molecule has 2 heterocycles. The van der Waals surface area contributed by atoms with Gasteiger partial charge in [0, 0.05) is 31.4 Å². The molecule has 8 heteroatoms. The number of hydrogen-bond acceptors (Lipinski definition) is 5. The zero-order chi connectivity index (χ0) is 23.0. The second-order valence-corrected chi connectivity index (χ2v) is 9.47. The molecule has 2 saturated heterocycles. The number of carbonyl (C=O) groups is 1. The summed E-state index contributed by atoms with van der Waals surface area (Å²) in [5.41, 5.74) is 1.39. The maximum Gasteiger partial charge on any atom is 0.412 e. The quantitative estimate of drug-likeness (QED) is 0.442. The molecule has 0 bridgehead atoms. The lowest BCUT2D eigenvalue weighted by atomic mass is 10.1. The van der Waals surface area contributed by atoms with Crippen LogP contribution in [0.1, 0.15) is 46.1 Å². The Hall–Kier alpha value is -2.32. The molecule has 1 aromatic carbocycles. The van der Waals surface area contributed by atoms with Crippen LogP contribution in [0.5, 0.6) is 0 Å². The molecular formula is C24H39N5O3. The highest BCUT2D eigenvalue weighted by atomic mass is 16.6. The number of carbonyl (C=O) groups excluding carboxylic acids is 1. The number of hydrogen-bond donors (Lipinski definition) is 3. The number of benzene rings is 1. The third kappa shape index (κ3) is 7.98. The summed E-state index contributed by atoms with van der Waals surface area (Å²) >= 11 is 0. The van der Waals surface area contributed by atoms with Crippen LogP contribution in [0.15, 0.2) is 29.3 Å². The summed E-state index contributed by atoms with van der Waals surface area (Å²) in [6, 6.07) is 8.43. The monoisotopic (exact) mass is 445 g/mol. The molecule has 2 aliphatic rings. The van der Waals surface area contributed by atoms with E-state index in [4.69, 9.17) is 14.5 Å². The Balaban J connectivity index is 1.41. The molecule has 3 rings (SSSR count). The van der Waals surface area contributed by atoms with Crippen molar-refractivity contribution >= 4 is 17.7 Å². The first-order chi connectivity index (χ1) is 15.3. The number of rotatable bonds is 7. The van der Waals surface area contributed by atoms with Crippen LogP contribution in [-0.2, 0) is 15.9 Å². The number of ether oxygens (including phenoxy) is 2. The minimum absolute atomic E-state index is 0.171. The van der Waals surface area contributed by atoms with Crippen molar-refractivity contribution in [3.05, 3.63) is 29.8 Å². The second-order valence-electron chi connectivity index (χ2n) is 9.47. The van der Waals surface area contributed by atoms with E-state index in [0.717, 1.165) is 44.3 Å². The van der Waals surface area contributed by atoms with Gasteiger partial charge in [0.1, 0.15) is 5.60 Å². The average Bonchev–Trinajstić information content (AvgIpc) is 3.20. The summed E-state index contributed by atoms with van der Waals surface area (Å²) in [7, 11) is 0. The molecular weight excluding hydrogens is 406 g/mol. The van der Waals surface area contributed by atoms with Crippen LogP contribution in [-0.4, -0.2) is 74.0 Å². The van der Waals surface area contributed by atoms with E-state index in [1.165, 1.54) is 24.9 Å². The molecule has 0 aliphatic carbocycles. The normalized spacial score (nSPS) is 21.7. The van der Waals surface area contributed by atoms with Crippen LogP contribution >= 0.6 is 0 Å². The fraction of sp³-hybridized carbons (Fsp3) is 0.667. The number of nitrogens with one attached hydrogen (secondary N) is 3. The minimum Gasteiger partial charge on any atom is -0.444 e. The summed E-state index contributed by atoms with van der Waals surface area (Å²) in [4.78, 5) is 19.2. The zero-order valence-corrected chi connectivity index (χ0v) is 19.9. The summed E-state index contributed by atoms with van der Waals surface area (Å²) in [6.45, 7) is 12.9. The van der Waals surface area contributed by atoms with Gasteiger partial charge >= 0.3 is 6.09 Å². The Morgan fingerprint density at radius 1 is 1.25 bits per heavy atom. The van der Waals surface area contributed by atoms with Crippen molar-refractivity contribution in [1.29, 1.82) is 0 Å². The molecule has 2 atom stereocenters. The topological polar surface area (TPSA) is 87.2 Å². The van der Waals surface area contributed by atoms with Crippen molar-refractivity contribution in [2.75, 3.05) is 44.6 Å². The maximum absolute atomic E-state index is 11.9. The Morgan fingerprint density at radius 2 is 2.03 bits per heavy atom. The zero-order valence-electron chi connectivity index (χ0n) is 19.9. The third-order valence-electron chi connectivity index (χ3n) is 5.56. The molecule has 2 fully saturated rings. The van der Waals surface area contributed by atoms with Crippen LogP contribution in [0.4, 0.5) is 10.5 Å². The molecule has 2 unspecified atom stereocenters. The van der Waals surface area contributed by atoms with Gasteiger partial charge in [-0.05, 0) is 71.2 Å². The molecule has 2 aliphatic heterocycles. The van der Waals surface area contributed by atoms with Crippen LogP contribution in [0.25, 0.3) is 0 Å². The van der Waals surface area contributed by atoms with Crippen molar-refractivity contribution in [3.8, 4) is 0 Å². The highest BCUT2D eigenvalue weighted by Crippen LogP contribution is 2.22. The van der Waals surface area contributed by atoms with Gasteiger partial charge in [-0.15, -0.1) is 0 Å². The summed E-state index contributed by atoms with van der Waals surface area (Å²) < 4.78 is 11.3. The third-order valence-corrected chi connectivity index (χ3v) is 5.56. The first-order valence-corrected chi connectivity index (χ1v) is 11.8. The number of aliphatic imine (C=N–C) groups is 1. The molecule has 3 N–H and O–H groups in total. The molecule has 0 saturated carbocycles. The van der Waals surface area contributed by atoms with E-state index in [1.54, 1.807) is 0 Å². The number of nitrogens with zero attached hydrogens (tertiary/aromatic N) is 2. The van der Waals surface area contributed by atoms with Crippen molar-refractivity contribution in [2.45, 2.75) is 64.7 Å². The number of anilines is 1. The lowest BCUT2D eigenvalue weighted by Gasteiger charge is -2.34. The van der Waals surface area contributed by atoms with Crippen LogP contribution in [0.2, 0.25) is 0 Å². The van der Waals surface area contributed by atoms with Gasteiger partial charge in [-0.3, -0.25) is 15.2 Å². The van der Waals surface area contributed by atoms with E-state index in [0.29, 0.717) is 12.6 Å². The number of guanidine groups is 1. The lowest BCUT2D eigenvalue weighted by Crippen LogP contribution is -2.47. The van der Waals surface area contributed by atoms with E-state index in [-0.39, 0.29) is 6.10 Å². The predicted molar refractivity (Wildman–Crippen MR) is 128 cm³/mol. The van der Waals surface area contributed by atoms with Crippen LogP contribution in [0.3, 0.4) is 0 Å². The maximum atomic E-state index is 11.9. The molecule has 8 nitrogen and oxygen atoms in total. The fourth-order valence-electron chi connectivity index (χ4n) is 4.03. The summed E-state index contributed by atoms with van der Waals surface area (Å²) in [5, 5.41) is 9.48. The largest absolute Gasteiger partial charge is 0.444 e. The Bertz CT molecular complexity index is 760. The average molecular weight is 446 g/mol. The van der Waals surface area contributed by atoms with E-state index in [9.17, 15) is 4.79 Å². The summed E-state index contributed by atoms with van der Waals surface area (Å²) in [5.74, 6) is 0.822. The van der Waals surface area contributed by atoms with Gasteiger partial charge in [-0.25, -0.2) is 4.79 Å². The van der Waals surface area contributed by atoms with Gasteiger partial charge in [-0.1, -0.05) is 12.1 Å². The Morgan fingerprint density at radius 3 is 2.75 bits per heavy atom. The molecule has 0 spiro atoms. The van der Waals surface area contributed by atoms with E-state index in [2.05, 4.69) is 27.8 Å².